The van der Waals surface area contributed by atoms with Gasteiger partial charge in [-0.05, 0) is 43.2 Å². The van der Waals surface area contributed by atoms with Crippen molar-refractivity contribution >= 4 is 17.5 Å². The Morgan fingerprint density at radius 1 is 1.04 bits per heavy atom. The van der Waals surface area contributed by atoms with Crippen molar-refractivity contribution in [2.75, 3.05) is 31.6 Å². The normalized spacial score (nSPS) is 22.0. The molecule has 2 amide bonds. The molecule has 2 aromatic carbocycles. The van der Waals surface area contributed by atoms with Crippen LogP contribution in [0.4, 0.5) is 5.69 Å². The Morgan fingerprint density at radius 2 is 1.75 bits per heavy atom. The van der Waals surface area contributed by atoms with Crippen LogP contribution in [0.3, 0.4) is 0 Å². The van der Waals surface area contributed by atoms with E-state index in [4.69, 9.17) is 4.74 Å². The van der Waals surface area contributed by atoms with Gasteiger partial charge >= 0.3 is 0 Å². The third-order valence-electron chi connectivity index (χ3n) is 5.91. The molecule has 146 valence electrons. The maximum Gasteiger partial charge on any atom is 0.228 e. The van der Waals surface area contributed by atoms with Gasteiger partial charge in [0.1, 0.15) is 5.75 Å². The molecule has 28 heavy (non-hydrogen) atoms. The van der Waals surface area contributed by atoms with Gasteiger partial charge in [0, 0.05) is 37.7 Å². The molecule has 5 nitrogen and oxygen atoms in total. The van der Waals surface area contributed by atoms with Crippen LogP contribution in [0.1, 0.15) is 29.9 Å². The molecule has 2 unspecified atom stereocenters. The molecule has 0 bridgehead atoms. The zero-order valence-corrected chi connectivity index (χ0v) is 16.4. The van der Waals surface area contributed by atoms with E-state index in [1.54, 1.807) is 12.0 Å². The summed E-state index contributed by atoms with van der Waals surface area (Å²) in [6, 6.07) is 16.0. The van der Waals surface area contributed by atoms with E-state index in [1.165, 1.54) is 5.56 Å². The van der Waals surface area contributed by atoms with E-state index in [9.17, 15) is 9.59 Å². The van der Waals surface area contributed by atoms with Gasteiger partial charge in [0.2, 0.25) is 11.8 Å². The summed E-state index contributed by atoms with van der Waals surface area (Å²) in [7, 11) is 1.66. The molecule has 2 saturated heterocycles. The van der Waals surface area contributed by atoms with Gasteiger partial charge in [-0.1, -0.05) is 29.8 Å². The average Bonchev–Trinajstić information content (AvgIpc) is 3.35. The smallest absolute Gasteiger partial charge is 0.228 e. The molecule has 0 N–H and O–H groups in total. The van der Waals surface area contributed by atoms with Gasteiger partial charge in [0.25, 0.3) is 0 Å². The van der Waals surface area contributed by atoms with Gasteiger partial charge in [-0.15, -0.1) is 0 Å². The average molecular weight is 378 g/mol. The predicted octanol–water partition coefficient (Wildman–Crippen LogP) is 3.37. The first-order chi connectivity index (χ1) is 13.5. The van der Waals surface area contributed by atoms with Gasteiger partial charge in [-0.2, -0.15) is 0 Å². The summed E-state index contributed by atoms with van der Waals surface area (Å²) in [5.41, 5.74) is 3.27. The van der Waals surface area contributed by atoms with E-state index >= 15 is 0 Å². The molecule has 5 heteroatoms. The van der Waals surface area contributed by atoms with Gasteiger partial charge in [0.15, 0.2) is 0 Å². The number of hydrogen-bond acceptors (Lipinski definition) is 3. The molecule has 2 aromatic rings. The van der Waals surface area contributed by atoms with Crippen molar-refractivity contribution in [3.8, 4) is 5.75 Å². The van der Waals surface area contributed by atoms with E-state index < -0.39 is 0 Å². The van der Waals surface area contributed by atoms with Crippen molar-refractivity contribution in [1.82, 2.24) is 4.90 Å². The highest BCUT2D eigenvalue weighted by atomic mass is 16.5. The molecule has 2 aliphatic rings. The molecule has 2 heterocycles. The molecule has 4 rings (SSSR count). The summed E-state index contributed by atoms with van der Waals surface area (Å²) in [5, 5.41) is 0. The zero-order valence-electron chi connectivity index (χ0n) is 16.4. The molecule has 0 radical (unpaired) electrons. The summed E-state index contributed by atoms with van der Waals surface area (Å²) in [4.78, 5) is 29.2. The summed E-state index contributed by atoms with van der Waals surface area (Å²) in [5.74, 6) is 1.09. The van der Waals surface area contributed by atoms with Crippen LogP contribution in [-0.2, 0) is 9.59 Å². The maximum absolute atomic E-state index is 13.0. The number of anilines is 1. The lowest BCUT2D eigenvalue weighted by Gasteiger charge is -2.21. The monoisotopic (exact) mass is 378 g/mol. The molecule has 2 atom stereocenters. The number of hydrogen-bond donors (Lipinski definition) is 0. The Bertz CT molecular complexity index is 860. The highest BCUT2D eigenvalue weighted by Crippen LogP contribution is 2.32. The minimum absolute atomic E-state index is 0.0353. The van der Waals surface area contributed by atoms with Crippen molar-refractivity contribution in [3.63, 3.8) is 0 Å². The predicted molar refractivity (Wildman–Crippen MR) is 109 cm³/mol. The summed E-state index contributed by atoms with van der Waals surface area (Å²) >= 11 is 0. The van der Waals surface area contributed by atoms with Crippen molar-refractivity contribution in [3.05, 3.63) is 59.7 Å². The van der Waals surface area contributed by atoms with E-state index in [-0.39, 0.29) is 17.7 Å². The summed E-state index contributed by atoms with van der Waals surface area (Å²) < 4.78 is 5.22. The Morgan fingerprint density at radius 3 is 2.43 bits per heavy atom. The van der Waals surface area contributed by atoms with Gasteiger partial charge in [-0.25, -0.2) is 0 Å². The zero-order chi connectivity index (χ0) is 19.7. The second kappa shape index (κ2) is 7.66. The first-order valence-electron chi connectivity index (χ1n) is 9.85. The number of carbonyl (C=O) groups excluding carboxylic acids is 2. The van der Waals surface area contributed by atoms with E-state index in [0.717, 1.165) is 36.5 Å². The van der Waals surface area contributed by atoms with Gasteiger partial charge in [-0.3, -0.25) is 9.59 Å². The fourth-order valence-electron chi connectivity index (χ4n) is 4.21. The maximum atomic E-state index is 13.0. The highest BCUT2D eigenvalue weighted by Gasteiger charge is 2.39. The Labute approximate surface area is 165 Å². The third kappa shape index (κ3) is 3.61. The summed E-state index contributed by atoms with van der Waals surface area (Å²) in [6.45, 7) is 3.98. The Balaban J connectivity index is 1.39. The standard InChI is InChI=1S/C23H26N2O3/c1-16-3-7-20(8-4-16)25-15-19(13-22(25)26)23(27)24-12-11-18(14-24)17-5-9-21(28-2)10-6-17/h3-10,18-19H,11-15H2,1-2H3. The number of likely N-dealkylation sites (tertiary alicyclic amines) is 1. The van der Waals surface area contributed by atoms with Crippen LogP contribution in [0.2, 0.25) is 0 Å². The molecular weight excluding hydrogens is 352 g/mol. The lowest BCUT2D eigenvalue weighted by molar-refractivity contribution is -0.134. The van der Waals surface area contributed by atoms with Crippen molar-refractivity contribution in [2.24, 2.45) is 5.92 Å². The van der Waals surface area contributed by atoms with Crippen LogP contribution >= 0.6 is 0 Å². The van der Waals surface area contributed by atoms with Crippen LogP contribution in [0.25, 0.3) is 0 Å². The number of aryl methyl sites for hydroxylation is 1. The fraction of sp³-hybridized carbons (Fsp3) is 0.391. The highest BCUT2D eigenvalue weighted by molar-refractivity contribution is 6.00. The van der Waals surface area contributed by atoms with E-state index in [2.05, 4.69) is 12.1 Å². The molecule has 0 aromatic heterocycles. The van der Waals surface area contributed by atoms with Crippen molar-refractivity contribution in [2.45, 2.75) is 25.7 Å². The van der Waals surface area contributed by atoms with E-state index in [0.29, 0.717) is 18.9 Å². The third-order valence-corrected chi connectivity index (χ3v) is 5.91. The minimum Gasteiger partial charge on any atom is -0.497 e. The Hall–Kier alpha value is -2.82. The van der Waals surface area contributed by atoms with Gasteiger partial charge < -0.3 is 14.5 Å². The topological polar surface area (TPSA) is 49.9 Å². The van der Waals surface area contributed by atoms with Crippen molar-refractivity contribution < 1.29 is 14.3 Å². The number of benzene rings is 2. The lowest BCUT2D eigenvalue weighted by Crippen LogP contribution is -2.35. The van der Waals surface area contributed by atoms with Crippen LogP contribution in [0.5, 0.6) is 5.75 Å². The van der Waals surface area contributed by atoms with Crippen LogP contribution < -0.4 is 9.64 Å². The number of amides is 2. The minimum atomic E-state index is -0.247. The lowest BCUT2D eigenvalue weighted by atomic mass is 9.98. The van der Waals surface area contributed by atoms with Crippen molar-refractivity contribution in [1.29, 1.82) is 0 Å². The molecular formula is C23H26N2O3. The first kappa shape index (κ1) is 18.5. The molecule has 2 aliphatic heterocycles. The molecule has 2 fully saturated rings. The van der Waals surface area contributed by atoms with E-state index in [1.807, 2.05) is 48.2 Å². The fourth-order valence-corrected chi connectivity index (χ4v) is 4.21. The van der Waals surface area contributed by atoms with Gasteiger partial charge in [0.05, 0.1) is 13.0 Å². The number of carbonyl (C=O) groups is 2. The quantitative estimate of drug-likeness (QED) is 0.820. The SMILES string of the molecule is COc1ccc(C2CCN(C(=O)C3CC(=O)N(c4ccc(C)cc4)C3)C2)cc1. The number of methoxy groups -OCH3 is 1. The molecule has 0 aliphatic carbocycles. The van der Waals surface area contributed by atoms with Crippen LogP contribution in [0, 0.1) is 12.8 Å². The number of ether oxygens (including phenoxy) is 1. The Kier molecular flexibility index (Phi) is 5.07. The second-order valence-electron chi connectivity index (χ2n) is 7.78. The second-order valence-corrected chi connectivity index (χ2v) is 7.78. The first-order valence-corrected chi connectivity index (χ1v) is 9.85. The van der Waals surface area contributed by atoms with Crippen LogP contribution in [-0.4, -0.2) is 43.5 Å². The largest absolute Gasteiger partial charge is 0.497 e. The number of rotatable bonds is 4. The van der Waals surface area contributed by atoms with Crippen LogP contribution in [0.15, 0.2) is 48.5 Å². The molecule has 0 saturated carbocycles. The number of nitrogens with zero attached hydrogens (tertiary/aromatic N) is 2. The summed E-state index contributed by atoms with van der Waals surface area (Å²) in [6.07, 6.45) is 1.26. The molecule has 0 spiro atoms.